The molecular weight excluding hydrogens is 268 g/mol. The second kappa shape index (κ2) is 6.12. The summed E-state index contributed by atoms with van der Waals surface area (Å²) in [5.74, 6) is 0.583. The number of allylic oxidation sites excluding steroid dienone is 2. The molecule has 0 aliphatic heterocycles. The minimum atomic E-state index is -0.505. The first kappa shape index (κ1) is 15.3. The van der Waals surface area contributed by atoms with Crippen molar-refractivity contribution in [3.8, 4) is 5.75 Å². The van der Waals surface area contributed by atoms with Gasteiger partial charge in [0.15, 0.2) is 5.78 Å². The summed E-state index contributed by atoms with van der Waals surface area (Å²) in [5.41, 5.74) is 1.74. The molecule has 0 bridgehead atoms. The minimum absolute atomic E-state index is 0.0865. The minimum Gasteiger partial charge on any atom is -0.496 e. The Balaban J connectivity index is 2.59. The largest absolute Gasteiger partial charge is 0.496 e. The molecular formula is C17H20O4. The van der Waals surface area contributed by atoms with Gasteiger partial charge in [-0.25, -0.2) is 4.79 Å². The monoisotopic (exact) mass is 288 g/mol. The summed E-state index contributed by atoms with van der Waals surface area (Å²) in [6, 6.07) is 3.36. The van der Waals surface area contributed by atoms with E-state index in [2.05, 4.69) is 13.8 Å². The fraction of sp³-hybridized carbons (Fsp3) is 0.412. The van der Waals surface area contributed by atoms with Gasteiger partial charge in [0.05, 0.1) is 14.2 Å². The van der Waals surface area contributed by atoms with Crippen LogP contribution in [0.1, 0.15) is 40.1 Å². The van der Waals surface area contributed by atoms with Crippen LogP contribution in [0.2, 0.25) is 0 Å². The zero-order valence-corrected chi connectivity index (χ0v) is 12.8. The number of ether oxygens (including phenoxy) is 2. The fourth-order valence-corrected chi connectivity index (χ4v) is 2.51. The predicted molar refractivity (Wildman–Crippen MR) is 79.8 cm³/mol. The Labute approximate surface area is 124 Å². The van der Waals surface area contributed by atoms with Crippen molar-refractivity contribution in [2.75, 3.05) is 14.2 Å². The number of carbonyl (C=O) groups excluding carboxylic acids is 2. The van der Waals surface area contributed by atoms with Crippen molar-refractivity contribution in [3.05, 3.63) is 41.0 Å². The number of carbonyl (C=O) groups is 2. The van der Waals surface area contributed by atoms with Gasteiger partial charge in [0.25, 0.3) is 0 Å². The van der Waals surface area contributed by atoms with E-state index in [1.807, 2.05) is 6.08 Å². The molecule has 0 N–H and O–H groups in total. The maximum Gasteiger partial charge on any atom is 0.341 e. The van der Waals surface area contributed by atoms with E-state index in [1.54, 1.807) is 18.2 Å². The molecule has 1 aromatic rings. The first-order valence-corrected chi connectivity index (χ1v) is 6.99. The summed E-state index contributed by atoms with van der Waals surface area (Å²) >= 11 is 0. The van der Waals surface area contributed by atoms with Crippen LogP contribution >= 0.6 is 0 Å². The molecule has 0 saturated carbocycles. The van der Waals surface area contributed by atoms with E-state index >= 15 is 0 Å². The van der Waals surface area contributed by atoms with Crippen molar-refractivity contribution >= 4 is 11.8 Å². The van der Waals surface area contributed by atoms with Gasteiger partial charge in [-0.05, 0) is 42.0 Å². The summed E-state index contributed by atoms with van der Waals surface area (Å²) in [5, 5.41) is 0. The van der Waals surface area contributed by atoms with Crippen LogP contribution in [0.25, 0.3) is 0 Å². The van der Waals surface area contributed by atoms with E-state index < -0.39 is 5.97 Å². The normalized spacial score (nSPS) is 21.2. The van der Waals surface area contributed by atoms with E-state index in [1.165, 1.54) is 14.2 Å². The number of hydrogen-bond donors (Lipinski definition) is 0. The lowest BCUT2D eigenvalue weighted by Gasteiger charge is -2.21. The van der Waals surface area contributed by atoms with Gasteiger partial charge < -0.3 is 9.47 Å². The highest BCUT2D eigenvalue weighted by atomic mass is 16.5. The van der Waals surface area contributed by atoms with Crippen LogP contribution in [0.4, 0.5) is 0 Å². The van der Waals surface area contributed by atoms with Crippen LogP contribution in [0.15, 0.2) is 24.3 Å². The van der Waals surface area contributed by atoms with Gasteiger partial charge in [-0.15, -0.1) is 0 Å². The van der Waals surface area contributed by atoms with Crippen LogP contribution in [0.5, 0.6) is 5.75 Å². The lowest BCUT2D eigenvalue weighted by Crippen LogP contribution is -2.16. The summed E-state index contributed by atoms with van der Waals surface area (Å²) < 4.78 is 10.0. The quantitative estimate of drug-likeness (QED) is 0.785. The van der Waals surface area contributed by atoms with E-state index in [0.29, 0.717) is 23.1 Å². The van der Waals surface area contributed by atoms with Gasteiger partial charge in [-0.1, -0.05) is 19.9 Å². The Hall–Kier alpha value is -2.10. The number of fused-ring (bicyclic) bond motifs is 1. The van der Waals surface area contributed by atoms with Gasteiger partial charge in [0.1, 0.15) is 11.3 Å². The molecule has 2 atom stereocenters. The van der Waals surface area contributed by atoms with Gasteiger partial charge in [-0.2, -0.15) is 0 Å². The summed E-state index contributed by atoms with van der Waals surface area (Å²) in [7, 11) is 2.81. The van der Waals surface area contributed by atoms with Crippen LogP contribution in [0.3, 0.4) is 0 Å². The van der Waals surface area contributed by atoms with E-state index in [-0.39, 0.29) is 11.3 Å². The van der Waals surface area contributed by atoms with Crippen LogP contribution < -0.4 is 4.74 Å². The number of methoxy groups -OCH3 is 2. The van der Waals surface area contributed by atoms with E-state index in [9.17, 15) is 9.59 Å². The van der Waals surface area contributed by atoms with Crippen LogP contribution in [0, 0.1) is 11.8 Å². The molecule has 0 radical (unpaired) electrons. The van der Waals surface area contributed by atoms with Gasteiger partial charge >= 0.3 is 5.97 Å². The standard InChI is InChI=1S/C17H20O4/c1-10-5-6-15(18)13-9-14(17(19)21-4)16(20-3)8-12(13)7-11(10)2/h5-6,8-11H,7H2,1-4H3/t10?,11-/m1/s1. The number of esters is 1. The Morgan fingerprint density at radius 2 is 1.95 bits per heavy atom. The van der Waals surface area contributed by atoms with Crippen LogP contribution in [-0.2, 0) is 11.2 Å². The maximum atomic E-state index is 12.3. The molecule has 1 unspecified atom stereocenters. The molecule has 2 rings (SSSR count). The molecule has 1 aromatic carbocycles. The Kier molecular flexibility index (Phi) is 4.46. The van der Waals surface area contributed by atoms with Gasteiger partial charge in [-0.3, -0.25) is 4.79 Å². The molecule has 0 amide bonds. The zero-order chi connectivity index (χ0) is 15.6. The Morgan fingerprint density at radius 3 is 2.57 bits per heavy atom. The third-order valence-electron chi connectivity index (χ3n) is 4.09. The average molecular weight is 288 g/mol. The Morgan fingerprint density at radius 1 is 1.24 bits per heavy atom. The summed E-state index contributed by atoms with van der Waals surface area (Å²) in [4.78, 5) is 24.1. The molecule has 1 aliphatic rings. The number of hydrogen-bond acceptors (Lipinski definition) is 4. The Bertz CT molecular complexity index is 601. The highest BCUT2D eigenvalue weighted by molar-refractivity contribution is 6.07. The topological polar surface area (TPSA) is 52.6 Å². The van der Waals surface area contributed by atoms with Crippen molar-refractivity contribution in [3.63, 3.8) is 0 Å². The van der Waals surface area contributed by atoms with Gasteiger partial charge in [0, 0.05) is 5.56 Å². The van der Waals surface area contributed by atoms with Crippen molar-refractivity contribution in [1.82, 2.24) is 0 Å². The summed E-state index contributed by atoms with van der Waals surface area (Å²) in [6.45, 7) is 4.24. The number of ketones is 1. The zero-order valence-electron chi connectivity index (χ0n) is 12.8. The third kappa shape index (κ3) is 2.99. The first-order valence-electron chi connectivity index (χ1n) is 6.99. The van der Waals surface area contributed by atoms with Crippen molar-refractivity contribution < 1.29 is 19.1 Å². The summed E-state index contributed by atoms with van der Waals surface area (Å²) in [6.07, 6.45) is 4.29. The molecule has 4 nitrogen and oxygen atoms in total. The second-order valence-corrected chi connectivity index (χ2v) is 5.47. The number of benzene rings is 1. The number of rotatable bonds is 2. The van der Waals surface area contributed by atoms with Crippen LogP contribution in [-0.4, -0.2) is 26.0 Å². The highest BCUT2D eigenvalue weighted by Crippen LogP contribution is 2.30. The van der Waals surface area contributed by atoms with E-state index in [4.69, 9.17) is 9.47 Å². The predicted octanol–water partition coefficient (Wildman–Crippen LogP) is 3.05. The highest BCUT2D eigenvalue weighted by Gasteiger charge is 2.23. The third-order valence-corrected chi connectivity index (χ3v) is 4.09. The first-order chi connectivity index (χ1) is 9.97. The molecule has 0 spiro atoms. The average Bonchev–Trinajstić information content (AvgIpc) is 2.49. The SMILES string of the molecule is COC(=O)c1cc2c(cc1OC)C[C@@H](C)C(C)C=CC2=O. The molecule has 0 fully saturated rings. The van der Waals surface area contributed by atoms with Gasteiger partial charge in [0.2, 0.25) is 0 Å². The van der Waals surface area contributed by atoms with E-state index in [0.717, 1.165) is 12.0 Å². The van der Waals surface area contributed by atoms with Crippen molar-refractivity contribution in [2.24, 2.45) is 11.8 Å². The molecule has 0 saturated heterocycles. The molecule has 4 heteroatoms. The molecule has 112 valence electrons. The fourth-order valence-electron chi connectivity index (χ4n) is 2.51. The second-order valence-electron chi connectivity index (χ2n) is 5.47. The maximum absolute atomic E-state index is 12.3. The molecule has 0 aromatic heterocycles. The lowest BCUT2D eigenvalue weighted by atomic mass is 9.83. The van der Waals surface area contributed by atoms with Crippen molar-refractivity contribution in [2.45, 2.75) is 20.3 Å². The lowest BCUT2D eigenvalue weighted by molar-refractivity contribution is 0.0597. The molecule has 1 aliphatic carbocycles. The van der Waals surface area contributed by atoms with Crippen molar-refractivity contribution in [1.29, 1.82) is 0 Å². The molecule has 21 heavy (non-hydrogen) atoms. The smallest absolute Gasteiger partial charge is 0.341 e. The molecule has 0 heterocycles.